The molecule has 1 aliphatic heterocycles. The summed E-state index contributed by atoms with van der Waals surface area (Å²) in [6.07, 6.45) is 2.12. The number of hydrogen-bond donors (Lipinski definition) is 2. The molecule has 2 rings (SSSR count). The van der Waals surface area contributed by atoms with E-state index < -0.39 is 0 Å². The standard InChI is InChI=1S/C13H20N4/c1-10-9-11-5-2-3-6-12(11)17(10)8-4-7-16-13(14)15/h2-3,5-6,10H,4,7-9H2,1H3,(H4,14,15,16). The van der Waals surface area contributed by atoms with E-state index in [1.165, 1.54) is 11.3 Å². The Balaban J connectivity index is 1.95. The van der Waals surface area contributed by atoms with Crippen LogP contribution >= 0.6 is 0 Å². The van der Waals surface area contributed by atoms with Crippen molar-refractivity contribution < 1.29 is 0 Å². The lowest BCUT2D eigenvalue weighted by Crippen LogP contribution is -2.31. The number of anilines is 1. The summed E-state index contributed by atoms with van der Waals surface area (Å²) in [6.45, 7) is 3.98. The minimum Gasteiger partial charge on any atom is -0.370 e. The van der Waals surface area contributed by atoms with Crippen molar-refractivity contribution in [1.29, 1.82) is 0 Å². The summed E-state index contributed by atoms with van der Waals surface area (Å²) in [5.41, 5.74) is 13.4. The van der Waals surface area contributed by atoms with Gasteiger partial charge in [-0.25, -0.2) is 0 Å². The first-order chi connectivity index (χ1) is 8.18. The highest BCUT2D eigenvalue weighted by atomic mass is 15.2. The molecule has 92 valence electrons. The van der Waals surface area contributed by atoms with E-state index in [2.05, 4.69) is 41.1 Å². The highest BCUT2D eigenvalue weighted by Crippen LogP contribution is 2.31. The second kappa shape index (κ2) is 5.08. The van der Waals surface area contributed by atoms with Gasteiger partial charge in [0.25, 0.3) is 0 Å². The lowest BCUT2D eigenvalue weighted by atomic mass is 10.1. The summed E-state index contributed by atoms with van der Waals surface area (Å²) in [7, 11) is 0. The Kier molecular flexibility index (Phi) is 3.52. The van der Waals surface area contributed by atoms with Crippen LogP contribution in [0.1, 0.15) is 18.9 Å². The first kappa shape index (κ1) is 11.8. The quantitative estimate of drug-likeness (QED) is 0.464. The van der Waals surface area contributed by atoms with E-state index in [1.807, 2.05) is 0 Å². The Bertz CT molecular complexity index is 410. The van der Waals surface area contributed by atoms with E-state index in [9.17, 15) is 0 Å². The van der Waals surface area contributed by atoms with Gasteiger partial charge in [0.15, 0.2) is 5.96 Å². The number of guanidine groups is 1. The smallest absolute Gasteiger partial charge is 0.185 e. The second-order valence-corrected chi connectivity index (χ2v) is 4.54. The van der Waals surface area contributed by atoms with Crippen molar-refractivity contribution in [1.82, 2.24) is 0 Å². The van der Waals surface area contributed by atoms with Crippen LogP contribution in [-0.4, -0.2) is 25.1 Å². The highest BCUT2D eigenvalue weighted by Gasteiger charge is 2.24. The van der Waals surface area contributed by atoms with Gasteiger partial charge in [-0.3, -0.25) is 4.99 Å². The zero-order chi connectivity index (χ0) is 12.3. The summed E-state index contributed by atoms with van der Waals surface area (Å²) < 4.78 is 0. The minimum absolute atomic E-state index is 0.180. The molecule has 1 unspecified atom stereocenters. The van der Waals surface area contributed by atoms with Crippen LogP contribution in [-0.2, 0) is 6.42 Å². The van der Waals surface area contributed by atoms with Crippen molar-refractivity contribution >= 4 is 11.6 Å². The van der Waals surface area contributed by atoms with Crippen molar-refractivity contribution in [2.75, 3.05) is 18.0 Å². The van der Waals surface area contributed by atoms with Crippen LogP contribution in [0.4, 0.5) is 5.69 Å². The average molecular weight is 232 g/mol. The molecule has 4 nitrogen and oxygen atoms in total. The van der Waals surface area contributed by atoms with Gasteiger partial charge in [-0.05, 0) is 31.4 Å². The Hall–Kier alpha value is -1.71. The molecule has 0 saturated carbocycles. The third kappa shape index (κ3) is 2.70. The molecule has 0 saturated heterocycles. The first-order valence-electron chi connectivity index (χ1n) is 6.08. The van der Waals surface area contributed by atoms with Crippen LogP contribution in [0.2, 0.25) is 0 Å². The molecule has 4 heteroatoms. The van der Waals surface area contributed by atoms with Crippen LogP contribution in [0.5, 0.6) is 0 Å². The molecular formula is C13H20N4. The summed E-state index contributed by atoms with van der Waals surface area (Å²) in [4.78, 5) is 6.45. The average Bonchev–Trinajstić information content (AvgIpc) is 2.60. The van der Waals surface area contributed by atoms with Gasteiger partial charge in [0.1, 0.15) is 0 Å². The third-order valence-electron chi connectivity index (χ3n) is 3.20. The van der Waals surface area contributed by atoms with E-state index in [4.69, 9.17) is 11.5 Å². The molecular weight excluding hydrogens is 212 g/mol. The van der Waals surface area contributed by atoms with Gasteiger partial charge < -0.3 is 16.4 Å². The minimum atomic E-state index is 0.180. The SMILES string of the molecule is CC1Cc2ccccc2N1CCCN=C(N)N. The molecule has 1 aliphatic rings. The lowest BCUT2D eigenvalue weighted by molar-refractivity contribution is 0.651. The van der Waals surface area contributed by atoms with Crippen molar-refractivity contribution in [2.45, 2.75) is 25.8 Å². The monoisotopic (exact) mass is 232 g/mol. The fourth-order valence-electron chi connectivity index (χ4n) is 2.42. The molecule has 1 atom stereocenters. The Morgan fingerprint density at radius 2 is 2.18 bits per heavy atom. The predicted molar refractivity (Wildman–Crippen MR) is 72.2 cm³/mol. The molecule has 4 N–H and O–H groups in total. The molecule has 0 radical (unpaired) electrons. The van der Waals surface area contributed by atoms with Crippen LogP contribution in [0, 0.1) is 0 Å². The van der Waals surface area contributed by atoms with E-state index >= 15 is 0 Å². The van der Waals surface area contributed by atoms with E-state index in [1.54, 1.807) is 0 Å². The van der Waals surface area contributed by atoms with Gasteiger partial charge in [-0.2, -0.15) is 0 Å². The number of aliphatic imine (C=N–C) groups is 1. The van der Waals surface area contributed by atoms with Gasteiger partial charge in [0, 0.05) is 24.8 Å². The van der Waals surface area contributed by atoms with Crippen molar-refractivity contribution in [3.05, 3.63) is 29.8 Å². The second-order valence-electron chi connectivity index (χ2n) is 4.54. The molecule has 1 aromatic carbocycles. The van der Waals surface area contributed by atoms with Gasteiger partial charge in [-0.15, -0.1) is 0 Å². The summed E-state index contributed by atoms with van der Waals surface area (Å²) in [5, 5.41) is 0. The molecule has 0 bridgehead atoms. The number of benzene rings is 1. The maximum Gasteiger partial charge on any atom is 0.185 e. The predicted octanol–water partition coefficient (Wildman–Crippen LogP) is 1.10. The Labute approximate surface area is 102 Å². The van der Waals surface area contributed by atoms with E-state index in [0.29, 0.717) is 12.6 Å². The summed E-state index contributed by atoms with van der Waals surface area (Å²) >= 11 is 0. The van der Waals surface area contributed by atoms with Crippen molar-refractivity contribution in [3.63, 3.8) is 0 Å². The molecule has 0 amide bonds. The molecule has 17 heavy (non-hydrogen) atoms. The van der Waals surface area contributed by atoms with Crippen molar-refractivity contribution in [2.24, 2.45) is 16.5 Å². The molecule has 1 aromatic rings. The number of hydrogen-bond acceptors (Lipinski definition) is 2. The summed E-state index contributed by atoms with van der Waals surface area (Å²) in [5.74, 6) is 0.180. The molecule has 1 heterocycles. The first-order valence-corrected chi connectivity index (χ1v) is 6.08. The number of rotatable bonds is 4. The normalized spacial score (nSPS) is 17.9. The zero-order valence-electron chi connectivity index (χ0n) is 10.3. The number of nitrogens with zero attached hydrogens (tertiary/aromatic N) is 2. The molecule has 0 spiro atoms. The third-order valence-corrected chi connectivity index (χ3v) is 3.20. The largest absolute Gasteiger partial charge is 0.370 e. The number of nitrogens with two attached hydrogens (primary N) is 2. The molecule has 0 fully saturated rings. The molecule has 0 aliphatic carbocycles. The zero-order valence-corrected chi connectivity index (χ0v) is 10.3. The number of para-hydroxylation sites is 1. The Morgan fingerprint density at radius 3 is 2.94 bits per heavy atom. The Morgan fingerprint density at radius 1 is 1.41 bits per heavy atom. The topological polar surface area (TPSA) is 67.6 Å². The van der Waals surface area contributed by atoms with Crippen molar-refractivity contribution in [3.8, 4) is 0 Å². The van der Waals surface area contributed by atoms with Crippen LogP contribution in [0.3, 0.4) is 0 Å². The van der Waals surface area contributed by atoms with Crippen LogP contribution in [0.25, 0.3) is 0 Å². The van der Waals surface area contributed by atoms with Crippen LogP contribution < -0.4 is 16.4 Å². The lowest BCUT2D eigenvalue weighted by Gasteiger charge is -2.24. The fourth-order valence-corrected chi connectivity index (χ4v) is 2.42. The summed E-state index contributed by atoms with van der Waals surface area (Å²) in [6, 6.07) is 9.18. The molecule has 0 aromatic heterocycles. The van der Waals surface area contributed by atoms with E-state index in [-0.39, 0.29) is 5.96 Å². The van der Waals surface area contributed by atoms with Gasteiger partial charge >= 0.3 is 0 Å². The highest BCUT2D eigenvalue weighted by molar-refractivity contribution is 5.75. The maximum atomic E-state index is 5.30. The van der Waals surface area contributed by atoms with Gasteiger partial charge in [0.2, 0.25) is 0 Å². The maximum absolute atomic E-state index is 5.30. The van der Waals surface area contributed by atoms with Gasteiger partial charge in [-0.1, -0.05) is 18.2 Å². The van der Waals surface area contributed by atoms with E-state index in [0.717, 1.165) is 19.4 Å². The van der Waals surface area contributed by atoms with Gasteiger partial charge in [0.05, 0.1) is 0 Å². The fraction of sp³-hybridized carbons (Fsp3) is 0.462. The van der Waals surface area contributed by atoms with Crippen LogP contribution in [0.15, 0.2) is 29.3 Å². The number of fused-ring (bicyclic) bond motifs is 1.